The number of carbonyl (C=O) groups excluding carboxylic acids is 1. The molecule has 0 aromatic heterocycles. The van der Waals surface area contributed by atoms with E-state index < -0.39 is 21.7 Å². The van der Waals surface area contributed by atoms with Crippen molar-refractivity contribution in [3.63, 3.8) is 0 Å². The van der Waals surface area contributed by atoms with E-state index in [4.69, 9.17) is 5.11 Å². The average molecular weight is 304 g/mol. The zero-order valence-corrected chi connectivity index (χ0v) is 12.2. The lowest BCUT2D eigenvalue weighted by molar-refractivity contribution is -0.142. The first-order valence-corrected chi connectivity index (χ1v) is 8.60. The molecular weight excluding hydrogens is 284 g/mol. The Morgan fingerprint density at radius 1 is 1.35 bits per heavy atom. The van der Waals surface area contributed by atoms with Gasteiger partial charge in [-0.25, -0.2) is 13.2 Å². The van der Waals surface area contributed by atoms with Gasteiger partial charge in [0.05, 0.1) is 17.4 Å². The Labute approximate surface area is 118 Å². The Morgan fingerprint density at radius 3 is 2.55 bits per heavy atom. The first-order valence-electron chi connectivity index (χ1n) is 6.78. The molecule has 2 amide bonds. The van der Waals surface area contributed by atoms with Crippen LogP contribution in [0.3, 0.4) is 0 Å². The van der Waals surface area contributed by atoms with Crippen LogP contribution in [0.2, 0.25) is 0 Å². The lowest BCUT2D eigenvalue weighted by atomic mass is 10.0. The van der Waals surface area contributed by atoms with Crippen molar-refractivity contribution < 1.29 is 23.1 Å². The standard InChI is InChI=1S/C12H20N2O5S/c1-8-10(11(15)16)2-4-14(8)12(17)13-6-9-3-5-20(18,19)7-9/h8-10H,2-7H2,1H3,(H,13,17)(H,15,16). The molecular formula is C12H20N2O5S. The number of hydrogen-bond acceptors (Lipinski definition) is 4. The average Bonchev–Trinajstić information content (AvgIpc) is 2.89. The molecule has 20 heavy (non-hydrogen) atoms. The lowest BCUT2D eigenvalue weighted by Gasteiger charge is -2.24. The van der Waals surface area contributed by atoms with Crippen LogP contribution < -0.4 is 5.32 Å². The predicted molar refractivity (Wildman–Crippen MR) is 72.1 cm³/mol. The first kappa shape index (κ1) is 15.1. The normalized spacial score (nSPS) is 32.2. The molecule has 2 saturated heterocycles. The van der Waals surface area contributed by atoms with Gasteiger partial charge in [0.15, 0.2) is 9.84 Å². The highest BCUT2D eigenvalue weighted by Gasteiger charge is 2.38. The van der Waals surface area contributed by atoms with Crippen molar-refractivity contribution in [1.29, 1.82) is 0 Å². The summed E-state index contributed by atoms with van der Waals surface area (Å²) in [6.45, 7) is 2.48. The highest BCUT2D eigenvalue weighted by Crippen LogP contribution is 2.24. The second-order valence-electron chi connectivity index (χ2n) is 5.62. The number of rotatable bonds is 3. The van der Waals surface area contributed by atoms with Gasteiger partial charge < -0.3 is 15.3 Å². The zero-order chi connectivity index (χ0) is 14.9. The summed E-state index contributed by atoms with van der Waals surface area (Å²) < 4.78 is 22.6. The molecule has 7 nitrogen and oxygen atoms in total. The Bertz CT molecular complexity index is 504. The highest BCUT2D eigenvalue weighted by molar-refractivity contribution is 7.91. The number of likely N-dealkylation sites (tertiary alicyclic amines) is 1. The van der Waals surface area contributed by atoms with Crippen LogP contribution >= 0.6 is 0 Å². The third-order valence-electron chi connectivity index (χ3n) is 4.20. The minimum Gasteiger partial charge on any atom is -0.481 e. The number of carboxylic acids is 1. The number of carbonyl (C=O) groups is 2. The molecule has 114 valence electrons. The summed E-state index contributed by atoms with van der Waals surface area (Å²) in [4.78, 5) is 24.5. The first-order chi connectivity index (χ1) is 9.30. The van der Waals surface area contributed by atoms with Crippen molar-refractivity contribution >= 4 is 21.8 Å². The van der Waals surface area contributed by atoms with E-state index >= 15 is 0 Å². The third-order valence-corrected chi connectivity index (χ3v) is 6.04. The number of aliphatic carboxylic acids is 1. The Balaban J connectivity index is 1.83. The summed E-state index contributed by atoms with van der Waals surface area (Å²) in [6.07, 6.45) is 1.04. The molecule has 2 N–H and O–H groups in total. The molecule has 0 aromatic carbocycles. The van der Waals surface area contributed by atoms with Crippen molar-refractivity contribution in [3.8, 4) is 0 Å². The van der Waals surface area contributed by atoms with Gasteiger partial charge in [-0.05, 0) is 25.7 Å². The van der Waals surface area contributed by atoms with E-state index in [1.165, 1.54) is 4.90 Å². The fourth-order valence-electron chi connectivity index (χ4n) is 2.92. The topological polar surface area (TPSA) is 104 Å². The molecule has 0 radical (unpaired) electrons. The van der Waals surface area contributed by atoms with Gasteiger partial charge in [-0.2, -0.15) is 0 Å². The van der Waals surface area contributed by atoms with E-state index in [1.54, 1.807) is 6.92 Å². The Hall–Kier alpha value is -1.31. The number of nitrogens with one attached hydrogen (secondary N) is 1. The van der Waals surface area contributed by atoms with Crippen molar-refractivity contribution in [1.82, 2.24) is 10.2 Å². The van der Waals surface area contributed by atoms with Crippen LogP contribution in [0.15, 0.2) is 0 Å². The third kappa shape index (κ3) is 3.23. The van der Waals surface area contributed by atoms with Crippen molar-refractivity contribution in [2.75, 3.05) is 24.6 Å². The van der Waals surface area contributed by atoms with E-state index in [9.17, 15) is 18.0 Å². The van der Waals surface area contributed by atoms with Gasteiger partial charge >= 0.3 is 12.0 Å². The van der Waals surface area contributed by atoms with Gasteiger partial charge in [0, 0.05) is 19.1 Å². The molecule has 3 atom stereocenters. The Morgan fingerprint density at radius 2 is 2.05 bits per heavy atom. The van der Waals surface area contributed by atoms with Gasteiger partial charge in [0.25, 0.3) is 0 Å². The fraction of sp³-hybridized carbons (Fsp3) is 0.833. The van der Waals surface area contributed by atoms with E-state index in [-0.39, 0.29) is 29.5 Å². The molecule has 3 unspecified atom stereocenters. The smallest absolute Gasteiger partial charge is 0.317 e. The summed E-state index contributed by atoms with van der Waals surface area (Å²) in [5, 5.41) is 11.7. The SMILES string of the molecule is CC1C(C(=O)O)CCN1C(=O)NCC1CCS(=O)(=O)C1. The van der Waals surface area contributed by atoms with Gasteiger partial charge in [-0.15, -0.1) is 0 Å². The maximum Gasteiger partial charge on any atom is 0.317 e. The van der Waals surface area contributed by atoms with E-state index in [1.807, 2.05) is 0 Å². The quantitative estimate of drug-likeness (QED) is 0.759. The van der Waals surface area contributed by atoms with Crippen LogP contribution in [0.1, 0.15) is 19.8 Å². The zero-order valence-electron chi connectivity index (χ0n) is 11.4. The van der Waals surface area contributed by atoms with Gasteiger partial charge in [-0.1, -0.05) is 0 Å². The maximum atomic E-state index is 12.0. The summed E-state index contributed by atoms with van der Waals surface area (Å²) in [6, 6.07) is -0.634. The van der Waals surface area contributed by atoms with Crippen LogP contribution in [0.5, 0.6) is 0 Å². The van der Waals surface area contributed by atoms with Crippen LogP contribution in [0.4, 0.5) is 4.79 Å². The largest absolute Gasteiger partial charge is 0.481 e. The second kappa shape index (κ2) is 5.59. The van der Waals surface area contributed by atoms with Crippen molar-refractivity contribution in [3.05, 3.63) is 0 Å². The van der Waals surface area contributed by atoms with Gasteiger partial charge in [0.2, 0.25) is 0 Å². The van der Waals surface area contributed by atoms with E-state index in [0.717, 1.165) is 0 Å². The second-order valence-corrected chi connectivity index (χ2v) is 7.85. The molecule has 8 heteroatoms. The van der Waals surface area contributed by atoms with Gasteiger partial charge in [-0.3, -0.25) is 4.79 Å². The predicted octanol–water partition coefficient (Wildman–Crippen LogP) is -0.0743. The molecule has 0 saturated carbocycles. The van der Waals surface area contributed by atoms with Crippen LogP contribution in [0, 0.1) is 11.8 Å². The summed E-state index contributed by atoms with van der Waals surface area (Å²) in [7, 11) is -2.94. The van der Waals surface area contributed by atoms with Crippen LogP contribution in [-0.2, 0) is 14.6 Å². The molecule has 0 bridgehead atoms. The minimum absolute atomic E-state index is 0.0304. The number of amides is 2. The number of carboxylic acid groups (broad SMARTS) is 1. The summed E-state index contributed by atoms with van der Waals surface area (Å²) in [5.74, 6) is -1.12. The molecule has 2 aliphatic rings. The van der Waals surface area contributed by atoms with Crippen LogP contribution in [-0.4, -0.2) is 61.1 Å². The van der Waals surface area contributed by atoms with E-state index in [2.05, 4.69) is 5.32 Å². The molecule has 0 aliphatic carbocycles. The number of sulfone groups is 1. The van der Waals surface area contributed by atoms with Crippen LogP contribution in [0.25, 0.3) is 0 Å². The van der Waals surface area contributed by atoms with Crippen molar-refractivity contribution in [2.45, 2.75) is 25.8 Å². The number of urea groups is 1. The molecule has 2 fully saturated rings. The molecule has 0 spiro atoms. The number of hydrogen-bond donors (Lipinski definition) is 2. The Kier molecular flexibility index (Phi) is 4.22. The van der Waals surface area contributed by atoms with Crippen molar-refractivity contribution in [2.24, 2.45) is 11.8 Å². The summed E-state index contributed by atoms with van der Waals surface area (Å²) in [5.41, 5.74) is 0. The molecule has 2 aliphatic heterocycles. The minimum atomic E-state index is -2.94. The lowest BCUT2D eigenvalue weighted by Crippen LogP contribution is -2.45. The van der Waals surface area contributed by atoms with E-state index in [0.29, 0.717) is 25.9 Å². The highest BCUT2D eigenvalue weighted by atomic mass is 32.2. The molecule has 2 rings (SSSR count). The maximum absolute atomic E-state index is 12.0. The molecule has 0 aromatic rings. The number of nitrogens with zero attached hydrogens (tertiary/aromatic N) is 1. The fourth-order valence-corrected chi connectivity index (χ4v) is 4.78. The van der Waals surface area contributed by atoms with Gasteiger partial charge in [0.1, 0.15) is 0 Å². The molecule has 2 heterocycles. The monoisotopic (exact) mass is 304 g/mol. The summed E-state index contributed by atoms with van der Waals surface area (Å²) >= 11 is 0.